The number of anilines is 2. The molecule has 4 rings (SSSR count). The lowest BCUT2D eigenvalue weighted by Gasteiger charge is -2.19. The van der Waals surface area contributed by atoms with Crippen LogP contribution in [0.1, 0.15) is 45.9 Å². The van der Waals surface area contributed by atoms with Crippen LogP contribution in [0.5, 0.6) is 0 Å². The average molecular weight is 485 g/mol. The van der Waals surface area contributed by atoms with E-state index in [2.05, 4.69) is 31.4 Å². The first-order valence-electron chi connectivity index (χ1n) is 11.9. The third-order valence-electron chi connectivity index (χ3n) is 6.16. The van der Waals surface area contributed by atoms with E-state index >= 15 is 0 Å². The van der Waals surface area contributed by atoms with Crippen molar-refractivity contribution in [2.75, 3.05) is 10.6 Å². The molecule has 0 unspecified atom stereocenters. The summed E-state index contributed by atoms with van der Waals surface area (Å²) in [7, 11) is 0. The summed E-state index contributed by atoms with van der Waals surface area (Å²) in [6.45, 7) is 9.62. The summed E-state index contributed by atoms with van der Waals surface area (Å²) in [5.74, 6) is -0.298. The van der Waals surface area contributed by atoms with Crippen LogP contribution in [-0.4, -0.2) is 26.9 Å². The summed E-state index contributed by atoms with van der Waals surface area (Å²) in [5, 5.41) is 22.1. The molecule has 186 valence electrons. The van der Waals surface area contributed by atoms with Crippen LogP contribution in [0.4, 0.5) is 16.3 Å². The predicted octanol–water partition coefficient (Wildman–Crippen LogP) is 6.62. The number of carbonyl (C=O) groups is 2. The van der Waals surface area contributed by atoms with Crippen molar-refractivity contribution in [3.63, 3.8) is 0 Å². The Morgan fingerprint density at radius 1 is 0.889 bits per heavy atom. The van der Waals surface area contributed by atoms with Crippen LogP contribution in [0.25, 0.3) is 16.5 Å². The Labute approximate surface area is 211 Å². The predicted molar refractivity (Wildman–Crippen MR) is 144 cm³/mol. The topological polar surface area (TPSA) is 96.3 Å². The molecular formula is C29H32N4O3. The lowest BCUT2D eigenvalue weighted by molar-refractivity contribution is -0.146. The SMILES string of the molecule is CC(C)(Cc1ccc(-n2nc(C(C)(C)C)cc2NC(=O)Nc2cccc3ccccc23)cc1)C(=O)O. The largest absolute Gasteiger partial charge is 0.481 e. The molecule has 3 aromatic carbocycles. The average Bonchev–Trinajstić information content (AvgIpc) is 3.24. The molecule has 7 nitrogen and oxygen atoms in total. The van der Waals surface area contributed by atoms with E-state index < -0.39 is 11.4 Å². The number of urea groups is 1. The van der Waals surface area contributed by atoms with Crippen molar-refractivity contribution in [2.45, 2.75) is 46.5 Å². The zero-order valence-corrected chi connectivity index (χ0v) is 21.3. The lowest BCUT2D eigenvalue weighted by Crippen LogP contribution is -2.26. The van der Waals surface area contributed by atoms with Gasteiger partial charge in [0.15, 0.2) is 0 Å². The number of fused-ring (bicyclic) bond motifs is 1. The molecule has 0 atom stereocenters. The molecule has 0 aliphatic rings. The van der Waals surface area contributed by atoms with Gasteiger partial charge < -0.3 is 10.4 Å². The van der Waals surface area contributed by atoms with Crippen molar-refractivity contribution < 1.29 is 14.7 Å². The molecule has 1 aromatic heterocycles. The van der Waals surface area contributed by atoms with E-state index in [0.717, 1.165) is 33.4 Å². The van der Waals surface area contributed by atoms with Gasteiger partial charge in [0.2, 0.25) is 0 Å². The van der Waals surface area contributed by atoms with E-state index in [0.29, 0.717) is 12.2 Å². The van der Waals surface area contributed by atoms with Gasteiger partial charge in [-0.15, -0.1) is 0 Å². The Hall–Kier alpha value is -4.13. The number of benzene rings is 3. The van der Waals surface area contributed by atoms with Gasteiger partial charge in [0.1, 0.15) is 5.82 Å². The zero-order valence-electron chi connectivity index (χ0n) is 21.3. The van der Waals surface area contributed by atoms with E-state index in [-0.39, 0.29) is 11.4 Å². The van der Waals surface area contributed by atoms with Gasteiger partial charge in [-0.2, -0.15) is 5.10 Å². The normalized spacial score (nSPS) is 11.9. The van der Waals surface area contributed by atoms with Crippen molar-refractivity contribution in [1.29, 1.82) is 0 Å². The number of carboxylic acids is 1. The molecule has 0 saturated carbocycles. The number of aromatic nitrogens is 2. The summed E-state index contributed by atoms with van der Waals surface area (Å²) in [6.07, 6.45) is 0.410. The van der Waals surface area contributed by atoms with Crippen LogP contribution in [0.15, 0.2) is 72.8 Å². The minimum atomic E-state index is -0.862. The summed E-state index contributed by atoms with van der Waals surface area (Å²) in [4.78, 5) is 24.5. The fourth-order valence-electron chi connectivity index (χ4n) is 3.98. The first-order chi connectivity index (χ1) is 16.9. The Bertz CT molecular complexity index is 1410. The highest BCUT2D eigenvalue weighted by Gasteiger charge is 2.27. The van der Waals surface area contributed by atoms with Gasteiger partial charge >= 0.3 is 12.0 Å². The lowest BCUT2D eigenvalue weighted by atomic mass is 9.86. The maximum atomic E-state index is 13.0. The van der Waals surface area contributed by atoms with Gasteiger partial charge in [-0.3, -0.25) is 10.1 Å². The molecule has 0 aliphatic heterocycles. The van der Waals surface area contributed by atoms with E-state index in [9.17, 15) is 14.7 Å². The number of amides is 2. The molecule has 1 heterocycles. The monoisotopic (exact) mass is 484 g/mol. The molecule has 3 N–H and O–H groups in total. The van der Waals surface area contributed by atoms with Crippen molar-refractivity contribution in [1.82, 2.24) is 9.78 Å². The molecule has 0 radical (unpaired) electrons. The first-order valence-corrected chi connectivity index (χ1v) is 11.9. The highest BCUT2D eigenvalue weighted by atomic mass is 16.4. The van der Waals surface area contributed by atoms with E-state index in [1.165, 1.54) is 0 Å². The quantitative estimate of drug-likeness (QED) is 0.286. The van der Waals surface area contributed by atoms with Crippen LogP contribution >= 0.6 is 0 Å². The summed E-state index contributed by atoms with van der Waals surface area (Å²) >= 11 is 0. The van der Waals surface area contributed by atoms with Crippen molar-refractivity contribution in [3.05, 3.63) is 84.1 Å². The standard InChI is InChI=1S/C29H32N4O3/c1-28(2,3)24-17-25(31-27(36)30-23-12-8-10-20-9-6-7-11-22(20)23)33(32-24)21-15-13-19(14-16-21)18-29(4,5)26(34)35/h6-17H,18H2,1-5H3,(H,34,35)(H2,30,31,36). The van der Waals surface area contributed by atoms with E-state index in [4.69, 9.17) is 5.10 Å². The van der Waals surface area contributed by atoms with Gasteiger partial charge in [-0.05, 0) is 49.4 Å². The molecule has 0 aliphatic carbocycles. The van der Waals surface area contributed by atoms with Crippen LogP contribution in [0.2, 0.25) is 0 Å². The molecule has 4 aromatic rings. The number of nitrogens with zero attached hydrogens (tertiary/aromatic N) is 2. The van der Waals surface area contributed by atoms with Crippen molar-refractivity contribution >= 4 is 34.3 Å². The third-order valence-corrected chi connectivity index (χ3v) is 6.16. The highest BCUT2D eigenvalue weighted by Crippen LogP contribution is 2.28. The fourth-order valence-corrected chi connectivity index (χ4v) is 3.98. The number of rotatable bonds is 6. The molecule has 2 amide bonds. The van der Waals surface area contributed by atoms with Crippen molar-refractivity contribution in [3.8, 4) is 5.69 Å². The van der Waals surface area contributed by atoms with E-state index in [1.807, 2.05) is 72.8 Å². The molecule has 0 saturated heterocycles. The smallest absolute Gasteiger partial charge is 0.324 e. The third kappa shape index (κ3) is 5.40. The molecule has 0 spiro atoms. The Kier molecular flexibility index (Phi) is 6.59. The van der Waals surface area contributed by atoms with Crippen LogP contribution in [0.3, 0.4) is 0 Å². The second-order valence-electron chi connectivity index (χ2n) is 10.7. The van der Waals surface area contributed by atoms with Gasteiger partial charge in [-0.1, -0.05) is 69.3 Å². The second kappa shape index (κ2) is 9.49. The van der Waals surface area contributed by atoms with Crippen LogP contribution < -0.4 is 10.6 Å². The van der Waals surface area contributed by atoms with Gasteiger partial charge in [0, 0.05) is 16.9 Å². The number of carbonyl (C=O) groups excluding carboxylic acids is 1. The minimum absolute atomic E-state index is 0.223. The number of hydrogen-bond donors (Lipinski definition) is 3. The maximum Gasteiger partial charge on any atom is 0.324 e. The number of carboxylic acid groups (broad SMARTS) is 1. The number of hydrogen-bond acceptors (Lipinski definition) is 3. The molecule has 36 heavy (non-hydrogen) atoms. The summed E-state index contributed by atoms with van der Waals surface area (Å²) in [5.41, 5.74) is 2.15. The molecular weight excluding hydrogens is 452 g/mol. The van der Waals surface area contributed by atoms with Crippen LogP contribution in [-0.2, 0) is 16.6 Å². The Balaban J connectivity index is 1.61. The fraction of sp³-hybridized carbons (Fsp3) is 0.276. The van der Waals surface area contributed by atoms with Crippen LogP contribution in [0, 0.1) is 5.41 Å². The van der Waals surface area contributed by atoms with E-state index in [1.54, 1.807) is 18.5 Å². The maximum absolute atomic E-state index is 13.0. The molecule has 0 bridgehead atoms. The van der Waals surface area contributed by atoms with Gasteiger partial charge in [0.25, 0.3) is 0 Å². The Morgan fingerprint density at radius 2 is 1.56 bits per heavy atom. The minimum Gasteiger partial charge on any atom is -0.481 e. The summed E-state index contributed by atoms with van der Waals surface area (Å²) in [6, 6.07) is 22.8. The molecule has 7 heteroatoms. The van der Waals surface area contributed by atoms with Gasteiger partial charge in [-0.25, -0.2) is 9.48 Å². The molecule has 0 fully saturated rings. The number of aliphatic carboxylic acids is 1. The number of nitrogens with one attached hydrogen (secondary N) is 2. The van der Waals surface area contributed by atoms with Crippen molar-refractivity contribution in [2.24, 2.45) is 5.41 Å². The highest BCUT2D eigenvalue weighted by molar-refractivity contribution is 6.06. The van der Waals surface area contributed by atoms with Gasteiger partial charge in [0.05, 0.1) is 22.5 Å². The summed E-state index contributed by atoms with van der Waals surface area (Å²) < 4.78 is 1.70. The Morgan fingerprint density at radius 3 is 2.22 bits per heavy atom. The first kappa shape index (κ1) is 25.0. The zero-order chi connectivity index (χ0) is 26.1. The second-order valence-corrected chi connectivity index (χ2v) is 10.7.